The molecule has 0 fully saturated rings. The molecule has 0 heterocycles. The molecule has 5 heteroatoms. The second-order valence-electron chi connectivity index (χ2n) is 4.94. The number of rotatable bonds is 6. The maximum atomic E-state index is 11.7. The molecule has 2 aromatic carbocycles. The molecular weight excluding hydrogens is 300 g/mol. The summed E-state index contributed by atoms with van der Waals surface area (Å²) in [5, 5.41) is 15.5. The molecular formula is C17H19ClN2O2. The standard InChI is InChI=1S/C17H19ClN2O2/c18-16-4-2-1-3-14(16)10-12-20-17(22)19-11-9-13-5-7-15(21)8-6-13/h1-8,21H,9-12H2,(H2,19,20,22). The van der Waals surface area contributed by atoms with Gasteiger partial charge in [0.05, 0.1) is 0 Å². The molecule has 0 bridgehead atoms. The van der Waals surface area contributed by atoms with Gasteiger partial charge in [-0.25, -0.2) is 4.79 Å². The Morgan fingerprint density at radius 3 is 2.27 bits per heavy atom. The van der Waals surface area contributed by atoms with Crippen molar-refractivity contribution in [3.8, 4) is 5.75 Å². The summed E-state index contributed by atoms with van der Waals surface area (Å²) in [5.41, 5.74) is 2.09. The number of carbonyl (C=O) groups excluding carboxylic acids is 1. The monoisotopic (exact) mass is 318 g/mol. The quantitative estimate of drug-likeness (QED) is 0.766. The van der Waals surface area contributed by atoms with Crippen LogP contribution in [0, 0.1) is 0 Å². The lowest BCUT2D eigenvalue weighted by atomic mass is 10.1. The topological polar surface area (TPSA) is 61.4 Å². The van der Waals surface area contributed by atoms with Gasteiger partial charge in [0, 0.05) is 18.1 Å². The summed E-state index contributed by atoms with van der Waals surface area (Å²) in [6.07, 6.45) is 1.42. The maximum Gasteiger partial charge on any atom is 0.314 e. The molecule has 0 spiro atoms. The largest absolute Gasteiger partial charge is 0.508 e. The van der Waals surface area contributed by atoms with Crippen LogP contribution in [-0.2, 0) is 12.8 Å². The zero-order valence-corrected chi connectivity index (χ0v) is 12.9. The number of phenolic OH excluding ortho intramolecular Hbond substituents is 1. The average molecular weight is 319 g/mol. The van der Waals surface area contributed by atoms with Crippen LogP contribution in [0.1, 0.15) is 11.1 Å². The van der Waals surface area contributed by atoms with Gasteiger partial charge < -0.3 is 15.7 Å². The third-order valence-corrected chi connectivity index (χ3v) is 3.64. The van der Waals surface area contributed by atoms with E-state index in [0.29, 0.717) is 19.5 Å². The minimum Gasteiger partial charge on any atom is -0.508 e. The molecule has 0 radical (unpaired) electrons. The zero-order chi connectivity index (χ0) is 15.8. The van der Waals surface area contributed by atoms with E-state index in [0.717, 1.165) is 22.6 Å². The van der Waals surface area contributed by atoms with Crippen molar-refractivity contribution in [2.75, 3.05) is 13.1 Å². The highest BCUT2D eigenvalue weighted by Crippen LogP contribution is 2.14. The Hall–Kier alpha value is -2.20. The first-order chi connectivity index (χ1) is 10.6. The Morgan fingerprint density at radius 2 is 1.59 bits per heavy atom. The third kappa shape index (κ3) is 5.30. The van der Waals surface area contributed by atoms with Crippen LogP contribution in [0.4, 0.5) is 4.79 Å². The Kier molecular flexibility index (Phi) is 6.10. The SMILES string of the molecule is O=C(NCCc1ccc(O)cc1)NCCc1ccccc1Cl. The number of nitrogens with one attached hydrogen (secondary N) is 2. The first kappa shape index (κ1) is 16.2. The first-order valence-electron chi connectivity index (χ1n) is 7.18. The molecule has 3 N–H and O–H groups in total. The van der Waals surface area contributed by atoms with Crippen LogP contribution in [0.25, 0.3) is 0 Å². The van der Waals surface area contributed by atoms with Crippen molar-refractivity contribution in [3.63, 3.8) is 0 Å². The smallest absolute Gasteiger partial charge is 0.314 e. The minimum absolute atomic E-state index is 0.189. The highest BCUT2D eigenvalue weighted by atomic mass is 35.5. The van der Waals surface area contributed by atoms with E-state index in [2.05, 4.69) is 10.6 Å². The van der Waals surface area contributed by atoms with Crippen LogP contribution >= 0.6 is 11.6 Å². The molecule has 2 rings (SSSR count). The van der Waals surface area contributed by atoms with E-state index in [1.165, 1.54) is 0 Å². The van der Waals surface area contributed by atoms with E-state index in [9.17, 15) is 9.90 Å². The second-order valence-corrected chi connectivity index (χ2v) is 5.35. The number of hydrogen-bond acceptors (Lipinski definition) is 2. The van der Waals surface area contributed by atoms with E-state index in [1.54, 1.807) is 12.1 Å². The summed E-state index contributed by atoms with van der Waals surface area (Å²) >= 11 is 6.06. The van der Waals surface area contributed by atoms with Gasteiger partial charge in [-0.3, -0.25) is 0 Å². The maximum absolute atomic E-state index is 11.7. The van der Waals surface area contributed by atoms with Crippen molar-refractivity contribution in [1.29, 1.82) is 0 Å². The molecule has 0 atom stereocenters. The van der Waals surface area contributed by atoms with Crippen LogP contribution in [-0.4, -0.2) is 24.2 Å². The summed E-state index contributed by atoms with van der Waals surface area (Å²) in [5.74, 6) is 0.244. The molecule has 0 saturated carbocycles. The van der Waals surface area contributed by atoms with Crippen molar-refractivity contribution in [2.24, 2.45) is 0 Å². The lowest BCUT2D eigenvalue weighted by molar-refractivity contribution is 0.241. The van der Waals surface area contributed by atoms with Crippen LogP contribution in [0.15, 0.2) is 48.5 Å². The number of amides is 2. The summed E-state index contributed by atoms with van der Waals surface area (Å²) in [6.45, 7) is 1.08. The lowest BCUT2D eigenvalue weighted by Gasteiger charge is -2.08. The van der Waals surface area contributed by atoms with Gasteiger partial charge in [0.2, 0.25) is 0 Å². The van der Waals surface area contributed by atoms with E-state index in [1.807, 2.05) is 36.4 Å². The van der Waals surface area contributed by atoms with E-state index >= 15 is 0 Å². The number of aromatic hydroxyl groups is 1. The molecule has 0 unspecified atom stereocenters. The van der Waals surface area contributed by atoms with Gasteiger partial charge in [-0.2, -0.15) is 0 Å². The summed E-state index contributed by atoms with van der Waals surface area (Å²) < 4.78 is 0. The normalized spacial score (nSPS) is 10.2. The predicted molar refractivity (Wildman–Crippen MR) is 88.4 cm³/mol. The molecule has 0 aromatic heterocycles. The van der Waals surface area contributed by atoms with Gasteiger partial charge in [-0.05, 0) is 42.2 Å². The molecule has 4 nitrogen and oxygen atoms in total. The van der Waals surface area contributed by atoms with Gasteiger partial charge in [0.25, 0.3) is 0 Å². The fourth-order valence-electron chi connectivity index (χ4n) is 2.06. The Bertz CT molecular complexity index is 614. The van der Waals surface area contributed by atoms with E-state index in [-0.39, 0.29) is 11.8 Å². The van der Waals surface area contributed by atoms with E-state index < -0.39 is 0 Å². The third-order valence-electron chi connectivity index (χ3n) is 3.27. The minimum atomic E-state index is -0.189. The van der Waals surface area contributed by atoms with Crippen molar-refractivity contribution in [3.05, 3.63) is 64.7 Å². The van der Waals surface area contributed by atoms with Crippen molar-refractivity contribution >= 4 is 17.6 Å². The van der Waals surface area contributed by atoms with Crippen molar-refractivity contribution in [2.45, 2.75) is 12.8 Å². The van der Waals surface area contributed by atoms with Gasteiger partial charge in [0.1, 0.15) is 5.75 Å². The number of benzene rings is 2. The molecule has 0 saturated heterocycles. The molecule has 0 aliphatic rings. The summed E-state index contributed by atoms with van der Waals surface area (Å²) in [7, 11) is 0. The lowest BCUT2D eigenvalue weighted by Crippen LogP contribution is -2.37. The summed E-state index contributed by atoms with van der Waals surface area (Å²) in [4.78, 5) is 11.7. The zero-order valence-electron chi connectivity index (χ0n) is 12.2. The second kappa shape index (κ2) is 8.29. The van der Waals surface area contributed by atoms with E-state index in [4.69, 9.17) is 11.6 Å². The number of carbonyl (C=O) groups is 1. The number of hydrogen-bond donors (Lipinski definition) is 3. The van der Waals surface area contributed by atoms with Gasteiger partial charge in [-0.1, -0.05) is 41.9 Å². The number of urea groups is 1. The predicted octanol–water partition coefficient (Wildman–Crippen LogP) is 3.13. The molecule has 0 aliphatic heterocycles. The molecule has 22 heavy (non-hydrogen) atoms. The molecule has 0 aliphatic carbocycles. The van der Waals surface area contributed by atoms with Gasteiger partial charge >= 0.3 is 6.03 Å². The molecule has 2 amide bonds. The number of halogens is 1. The Morgan fingerprint density at radius 1 is 0.955 bits per heavy atom. The number of phenols is 1. The summed E-state index contributed by atoms with van der Waals surface area (Å²) in [6, 6.07) is 14.4. The van der Waals surface area contributed by atoms with Crippen LogP contribution < -0.4 is 10.6 Å². The fourth-order valence-corrected chi connectivity index (χ4v) is 2.29. The highest BCUT2D eigenvalue weighted by Gasteiger charge is 2.02. The van der Waals surface area contributed by atoms with Crippen molar-refractivity contribution < 1.29 is 9.90 Å². The molecule has 2 aromatic rings. The van der Waals surface area contributed by atoms with Crippen LogP contribution in [0.5, 0.6) is 5.75 Å². The van der Waals surface area contributed by atoms with Crippen molar-refractivity contribution in [1.82, 2.24) is 10.6 Å². The van der Waals surface area contributed by atoms with Crippen LogP contribution in [0.2, 0.25) is 5.02 Å². The first-order valence-corrected chi connectivity index (χ1v) is 7.56. The highest BCUT2D eigenvalue weighted by molar-refractivity contribution is 6.31. The van der Waals surface area contributed by atoms with Gasteiger partial charge in [-0.15, -0.1) is 0 Å². The molecule has 116 valence electrons. The fraction of sp³-hybridized carbons (Fsp3) is 0.235. The van der Waals surface area contributed by atoms with Crippen LogP contribution in [0.3, 0.4) is 0 Å². The average Bonchev–Trinajstić information content (AvgIpc) is 2.51. The van der Waals surface area contributed by atoms with Gasteiger partial charge in [0.15, 0.2) is 0 Å². The Balaban J connectivity index is 1.64. The Labute approximate surface area is 135 Å².